The zero-order valence-corrected chi connectivity index (χ0v) is 18.1. The average Bonchev–Trinajstić information content (AvgIpc) is 3.11. The molecule has 0 bridgehead atoms. The minimum atomic E-state index is -0.924. The number of aliphatic carboxylic acids is 1. The first-order chi connectivity index (χ1) is 15.5. The third-order valence-electron chi connectivity index (χ3n) is 6.37. The molecule has 0 saturated carbocycles. The van der Waals surface area contributed by atoms with E-state index in [9.17, 15) is 14.4 Å². The Kier molecular flexibility index (Phi) is 6.44. The zero-order valence-electron chi connectivity index (χ0n) is 18.1. The van der Waals surface area contributed by atoms with E-state index in [0.717, 1.165) is 35.1 Å². The number of hydrogen-bond acceptors (Lipinski definition) is 4. The monoisotopic (exact) mass is 436 g/mol. The maximum Gasteiger partial charge on any atom is 0.407 e. The van der Waals surface area contributed by atoms with Crippen molar-refractivity contribution in [2.45, 2.75) is 50.6 Å². The van der Waals surface area contributed by atoms with Crippen molar-refractivity contribution in [2.24, 2.45) is 0 Å². The van der Waals surface area contributed by atoms with E-state index < -0.39 is 18.1 Å². The average molecular weight is 437 g/mol. The fourth-order valence-corrected chi connectivity index (χ4v) is 4.83. The molecule has 1 saturated heterocycles. The Labute approximate surface area is 187 Å². The molecule has 2 atom stereocenters. The normalized spacial score (nSPS) is 18.4. The van der Waals surface area contributed by atoms with Gasteiger partial charge in [0.1, 0.15) is 12.6 Å². The fourth-order valence-electron chi connectivity index (χ4n) is 4.83. The van der Waals surface area contributed by atoms with Gasteiger partial charge in [0.05, 0.1) is 6.42 Å². The summed E-state index contributed by atoms with van der Waals surface area (Å²) in [5.41, 5.74) is 4.54. The van der Waals surface area contributed by atoms with Crippen molar-refractivity contribution in [1.82, 2.24) is 10.2 Å². The number of nitrogens with one attached hydrogen (secondary N) is 1. The van der Waals surface area contributed by atoms with E-state index in [2.05, 4.69) is 17.4 Å². The summed E-state index contributed by atoms with van der Waals surface area (Å²) in [6.45, 7) is 2.29. The maximum absolute atomic E-state index is 12.9. The molecule has 7 heteroatoms. The molecular weight excluding hydrogens is 408 g/mol. The third-order valence-corrected chi connectivity index (χ3v) is 6.37. The van der Waals surface area contributed by atoms with E-state index in [1.807, 2.05) is 36.4 Å². The number of carbonyl (C=O) groups is 3. The van der Waals surface area contributed by atoms with E-state index in [0.29, 0.717) is 13.0 Å². The van der Waals surface area contributed by atoms with Crippen LogP contribution in [0.5, 0.6) is 0 Å². The van der Waals surface area contributed by atoms with Crippen LogP contribution in [-0.4, -0.2) is 53.2 Å². The summed E-state index contributed by atoms with van der Waals surface area (Å²) < 4.78 is 5.52. The molecule has 7 nitrogen and oxygen atoms in total. The lowest BCUT2D eigenvalue weighted by Gasteiger charge is -2.36. The van der Waals surface area contributed by atoms with Gasteiger partial charge in [-0.15, -0.1) is 0 Å². The highest BCUT2D eigenvalue weighted by atomic mass is 16.5. The van der Waals surface area contributed by atoms with Gasteiger partial charge in [0, 0.05) is 18.5 Å². The smallest absolute Gasteiger partial charge is 0.407 e. The molecule has 2 aliphatic rings. The number of ether oxygens (including phenoxy) is 1. The number of amides is 2. The van der Waals surface area contributed by atoms with Crippen LogP contribution in [0, 0.1) is 0 Å². The van der Waals surface area contributed by atoms with Crippen molar-refractivity contribution >= 4 is 18.0 Å². The lowest BCUT2D eigenvalue weighted by atomic mass is 9.98. The number of fused-ring (bicyclic) bond motifs is 3. The molecule has 1 fully saturated rings. The number of carboxylic acid groups (broad SMARTS) is 1. The van der Waals surface area contributed by atoms with Crippen LogP contribution in [-0.2, 0) is 14.3 Å². The van der Waals surface area contributed by atoms with E-state index >= 15 is 0 Å². The van der Waals surface area contributed by atoms with Crippen molar-refractivity contribution in [3.8, 4) is 11.1 Å². The minimum Gasteiger partial charge on any atom is -0.481 e. The lowest BCUT2D eigenvalue weighted by Crippen LogP contribution is -2.52. The minimum absolute atomic E-state index is 0.0544. The molecule has 168 valence electrons. The summed E-state index contributed by atoms with van der Waals surface area (Å²) >= 11 is 0. The van der Waals surface area contributed by atoms with Crippen LogP contribution in [0.4, 0.5) is 4.79 Å². The standard InChI is InChI=1S/C25H28N2O5/c1-16(24(30)27-13-7-6-8-17(27)14-23(28)29)26-25(31)32-15-22-20-11-4-2-9-18(20)19-10-3-5-12-21(19)22/h2-5,9-12,16-17,22H,6-8,13-15H2,1H3,(H,26,31)(H,28,29)/t16-,17-/m0/s1. The summed E-state index contributed by atoms with van der Waals surface area (Å²) in [4.78, 5) is 38.1. The Balaban J connectivity index is 1.37. The van der Waals surface area contributed by atoms with Gasteiger partial charge in [0.15, 0.2) is 0 Å². The van der Waals surface area contributed by atoms with Crippen molar-refractivity contribution in [3.05, 3.63) is 59.7 Å². The summed E-state index contributed by atoms with van der Waals surface area (Å²) in [6, 6.07) is 15.1. The predicted octanol–water partition coefficient (Wildman–Crippen LogP) is 3.77. The molecule has 1 heterocycles. The van der Waals surface area contributed by atoms with Crippen molar-refractivity contribution in [2.75, 3.05) is 13.2 Å². The number of benzene rings is 2. The second kappa shape index (κ2) is 9.42. The highest BCUT2D eigenvalue weighted by Gasteiger charge is 2.33. The second-order valence-corrected chi connectivity index (χ2v) is 8.47. The van der Waals surface area contributed by atoms with Gasteiger partial charge < -0.3 is 20.1 Å². The predicted molar refractivity (Wildman–Crippen MR) is 119 cm³/mol. The van der Waals surface area contributed by atoms with E-state index in [-0.39, 0.29) is 30.9 Å². The Morgan fingerprint density at radius 2 is 1.69 bits per heavy atom. The first-order valence-corrected chi connectivity index (χ1v) is 11.1. The first-order valence-electron chi connectivity index (χ1n) is 11.1. The number of likely N-dealkylation sites (tertiary alicyclic amines) is 1. The zero-order chi connectivity index (χ0) is 22.7. The summed E-state index contributed by atoms with van der Waals surface area (Å²) in [7, 11) is 0. The highest BCUT2D eigenvalue weighted by Crippen LogP contribution is 2.44. The quantitative estimate of drug-likeness (QED) is 0.719. The van der Waals surface area contributed by atoms with Crippen LogP contribution in [0.25, 0.3) is 11.1 Å². The number of carboxylic acids is 1. The van der Waals surface area contributed by atoms with Crippen LogP contribution in [0.1, 0.15) is 49.7 Å². The Hall–Kier alpha value is -3.35. The molecule has 1 aliphatic carbocycles. The fraction of sp³-hybridized carbons (Fsp3) is 0.400. The van der Waals surface area contributed by atoms with Gasteiger partial charge in [-0.3, -0.25) is 9.59 Å². The Morgan fingerprint density at radius 1 is 1.06 bits per heavy atom. The van der Waals surface area contributed by atoms with Gasteiger partial charge in [-0.1, -0.05) is 48.5 Å². The number of carbonyl (C=O) groups excluding carboxylic acids is 2. The summed E-state index contributed by atoms with van der Waals surface area (Å²) in [5.74, 6) is -1.25. The molecule has 0 unspecified atom stereocenters. The third kappa shape index (κ3) is 4.47. The molecule has 0 aromatic heterocycles. The molecule has 0 radical (unpaired) electrons. The van der Waals surface area contributed by atoms with E-state index in [4.69, 9.17) is 9.84 Å². The number of piperidine rings is 1. The van der Waals surface area contributed by atoms with Crippen molar-refractivity contribution in [3.63, 3.8) is 0 Å². The molecule has 32 heavy (non-hydrogen) atoms. The molecule has 2 amide bonds. The number of alkyl carbamates (subject to hydrolysis) is 1. The van der Waals surface area contributed by atoms with Crippen LogP contribution in [0.3, 0.4) is 0 Å². The molecule has 1 aliphatic heterocycles. The van der Waals surface area contributed by atoms with Crippen molar-refractivity contribution in [1.29, 1.82) is 0 Å². The number of rotatable bonds is 6. The molecule has 2 aromatic carbocycles. The highest BCUT2D eigenvalue weighted by molar-refractivity contribution is 5.86. The van der Waals surface area contributed by atoms with Crippen LogP contribution in [0.15, 0.2) is 48.5 Å². The molecule has 2 aromatic rings. The summed E-state index contributed by atoms with van der Waals surface area (Å²) in [5, 5.41) is 11.8. The van der Waals surface area contributed by atoms with Crippen LogP contribution >= 0.6 is 0 Å². The topological polar surface area (TPSA) is 95.9 Å². The van der Waals surface area contributed by atoms with Gasteiger partial charge in [-0.2, -0.15) is 0 Å². The second-order valence-electron chi connectivity index (χ2n) is 8.47. The first kappa shape index (κ1) is 21.9. The molecule has 4 rings (SSSR count). The van der Waals surface area contributed by atoms with Crippen LogP contribution < -0.4 is 5.32 Å². The summed E-state index contributed by atoms with van der Waals surface area (Å²) in [6.07, 6.45) is 1.66. The van der Waals surface area contributed by atoms with Crippen molar-refractivity contribution < 1.29 is 24.2 Å². The Morgan fingerprint density at radius 3 is 2.31 bits per heavy atom. The molecular formula is C25H28N2O5. The van der Waals surface area contributed by atoms with Gasteiger partial charge in [-0.25, -0.2) is 4.79 Å². The number of hydrogen-bond donors (Lipinski definition) is 2. The largest absolute Gasteiger partial charge is 0.481 e. The maximum atomic E-state index is 12.9. The van der Waals surface area contributed by atoms with Gasteiger partial charge in [-0.05, 0) is 48.4 Å². The van der Waals surface area contributed by atoms with Gasteiger partial charge >= 0.3 is 12.1 Å². The van der Waals surface area contributed by atoms with Gasteiger partial charge in [0.2, 0.25) is 5.91 Å². The Bertz CT molecular complexity index is 975. The number of nitrogens with zero attached hydrogens (tertiary/aromatic N) is 1. The lowest BCUT2D eigenvalue weighted by molar-refractivity contribution is -0.142. The van der Waals surface area contributed by atoms with E-state index in [1.165, 1.54) is 0 Å². The molecule has 2 N–H and O–H groups in total. The molecule has 0 spiro atoms. The SMILES string of the molecule is C[C@H](NC(=O)OCC1c2ccccc2-c2ccccc21)C(=O)N1CCCC[C@H]1CC(=O)O. The van der Waals surface area contributed by atoms with Gasteiger partial charge in [0.25, 0.3) is 0 Å². The van der Waals surface area contributed by atoms with Crippen LogP contribution in [0.2, 0.25) is 0 Å². The van der Waals surface area contributed by atoms with E-state index in [1.54, 1.807) is 11.8 Å².